The maximum Gasteiger partial charge on any atom is 0.0301 e. The highest BCUT2D eigenvalue weighted by molar-refractivity contribution is 9.09. The van der Waals surface area contributed by atoms with Crippen molar-refractivity contribution in [3.8, 4) is 0 Å². The van der Waals surface area contributed by atoms with Gasteiger partial charge in [-0.15, -0.1) is 0 Å². The van der Waals surface area contributed by atoms with E-state index in [0.717, 1.165) is 16.8 Å². The van der Waals surface area contributed by atoms with Crippen LogP contribution in [-0.2, 0) is 0 Å². The van der Waals surface area contributed by atoms with Crippen molar-refractivity contribution < 1.29 is 0 Å². The van der Waals surface area contributed by atoms with Crippen molar-refractivity contribution in [3.63, 3.8) is 0 Å². The van der Waals surface area contributed by atoms with E-state index in [1.807, 2.05) is 0 Å². The molecule has 0 amide bonds. The first-order valence-corrected chi connectivity index (χ1v) is 6.53. The van der Waals surface area contributed by atoms with Crippen LogP contribution in [0.4, 0.5) is 0 Å². The summed E-state index contributed by atoms with van der Waals surface area (Å²) in [4.78, 5) is 3.35. The minimum atomic E-state index is 0.755. The van der Waals surface area contributed by atoms with Crippen LogP contribution in [0.5, 0.6) is 0 Å². The molecule has 1 nitrogen and oxygen atoms in total. The van der Waals surface area contributed by atoms with Crippen molar-refractivity contribution in [2.24, 2.45) is 5.92 Å². The van der Waals surface area contributed by atoms with Crippen molar-refractivity contribution in [2.75, 3.05) is 13.6 Å². The summed E-state index contributed by atoms with van der Waals surface area (Å²) in [5, 5.41) is 0. The lowest BCUT2D eigenvalue weighted by Gasteiger charge is -2.35. The monoisotopic (exact) mass is 245 g/mol. The van der Waals surface area contributed by atoms with Crippen LogP contribution in [0.2, 0.25) is 0 Å². The minimum Gasteiger partial charge on any atom is -0.302 e. The molecule has 0 radical (unpaired) electrons. The largest absolute Gasteiger partial charge is 0.302 e. The Morgan fingerprint density at radius 2 is 1.85 bits per heavy atom. The average Bonchev–Trinajstić information content (AvgIpc) is 2.89. The lowest BCUT2D eigenvalue weighted by atomic mass is 9.94. The molecule has 0 aromatic carbocycles. The molecule has 2 rings (SSSR count). The highest BCUT2D eigenvalue weighted by Gasteiger charge is 2.30. The zero-order valence-electron chi connectivity index (χ0n) is 8.51. The second-order valence-corrected chi connectivity index (χ2v) is 5.93. The van der Waals surface area contributed by atoms with Crippen LogP contribution < -0.4 is 0 Å². The second kappa shape index (κ2) is 4.31. The lowest BCUT2D eigenvalue weighted by molar-refractivity contribution is 0.193. The first-order chi connectivity index (χ1) is 6.27. The molecule has 0 bridgehead atoms. The molecule has 2 aliphatic rings. The Kier molecular flexibility index (Phi) is 3.31. The van der Waals surface area contributed by atoms with Crippen LogP contribution in [-0.4, -0.2) is 29.4 Å². The van der Waals surface area contributed by atoms with E-state index in [0.29, 0.717) is 0 Å². The molecule has 2 fully saturated rings. The maximum absolute atomic E-state index is 3.82. The van der Waals surface area contributed by atoms with Gasteiger partial charge in [-0.1, -0.05) is 28.8 Å². The van der Waals surface area contributed by atoms with E-state index >= 15 is 0 Å². The summed E-state index contributed by atoms with van der Waals surface area (Å²) in [6.45, 7) is 1.34. The van der Waals surface area contributed by atoms with Gasteiger partial charge in [0, 0.05) is 17.4 Å². The van der Waals surface area contributed by atoms with Gasteiger partial charge in [0.05, 0.1) is 0 Å². The first kappa shape index (κ1) is 9.97. The van der Waals surface area contributed by atoms with Crippen molar-refractivity contribution in [1.29, 1.82) is 0 Å². The third-order valence-electron chi connectivity index (χ3n) is 3.46. The van der Waals surface area contributed by atoms with Crippen molar-refractivity contribution in [1.82, 2.24) is 4.90 Å². The summed E-state index contributed by atoms with van der Waals surface area (Å²) in [6, 6.07) is 0.814. The van der Waals surface area contributed by atoms with Crippen LogP contribution in [0.15, 0.2) is 0 Å². The normalized spacial score (nSPS) is 35.3. The van der Waals surface area contributed by atoms with Crippen molar-refractivity contribution in [2.45, 2.75) is 49.4 Å². The van der Waals surface area contributed by atoms with Gasteiger partial charge in [-0.05, 0) is 38.6 Å². The van der Waals surface area contributed by atoms with Gasteiger partial charge in [-0.2, -0.15) is 0 Å². The number of rotatable bonds is 3. The molecule has 2 unspecified atom stereocenters. The summed E-state index contributed by atoms with van der Waals surface area (Å²) in [7, 11) is 2.31. The SMILES string of the molecule is CN(CC1CC1)C1CCCCC1Br. The minimum absolute atomic E-state index is 0.755. The van der Waals surface area contributed by atoms with Crippen molar-refractivity contribution in [3.05, 3.63) is 0 Å². The molecule has 0 N–H and O–H groups in total. The van der Waals surface area contributed by atoms with Crippen molar-refractivity contribution >= 4 is 15.9 Å². The average molecular weight is 246 g/mol. The molecule has 76 valence electrons. The quantitative estimate of drug-likeness (QED) is 0.692. The standard InChI is InChI=1S/C11H20BrN/c1-13(8-9-6-7-9)11-5-3-2-4-10(11)12/h9-11H,2-8H2,1H3. The third-order valence-corrected chi connectivity index (χ3v) is 4.52. The van der Waals surface area contributed by atoms with E-state index in [1.54, 1.807) is 0 Å². The molecular formula is C11H20BrN. The van der Waals surface area contributed by atoms with Gasteiger partial charge >= 0.3 is 0 Å². The summed E-state index contributed by atoms with van der Waals surface area (Å²) in [5.74, 6) is 1.03. The Morgan fingerprint density at radius 1 is 1.15 bits per heavy atom. The van der Waals surface area contributed by atoms with E-state index in [4.69, 9.17) is 0 Å². The molecule has 2 heteroatoms. The van der Waals surface area contributed by atoms with E-state index in [1.165, 1.54) is 45.1 Å². The number of hydrogen-bond donors (Lipinski definition) is 0. The van der Waals surface area contributed by atoms with Gasteiger partial charge < -0.3 is 4.90 Å². The number of nitrogens with zero attached hydrogens (tertiary/aromatic N) is 1. The first-order valence-electron chi connectivity index (χ1n) is 5.61. The van der Waals surface area contributed by atoms with Gasteiger partial charge in [0.2, 0.25) is 0 Å². The molecule has 2 saturated carbocycles. The predicted octanol–water partition coefficient (Wildman–Crippen LogP) is 3.03. The van der Waals surface area contributed by atoms with E-state index in [9.17, 15) is 0 Å². The third kappa shape index (κ3) is 2.69. The molecule has 13 heavy (non-hydrogen) atoms. The van der Waals surface area contributed by atoms with Crippen LogP contribution in [0.25, 0.3) is 0 Å². The molecule has 2 atom stereocenters. The molecule has 0 aliphatic heterocycles. The molecule has 0 spiro atoms. The van der Waals surface area contributed by atoms with Gasteiger partial charge in [0.1, 0.15) is 0 Å². The number of halogens is 1. The van der Waals surface area contributed by atoms with Crippen LogP contribution in [0, 0.1) is 5.92 Å². The summed E-state index contributed by atoms with van der Waals surface area (Å²) >= 11 is 3.82. The zero-order chi connectivity index (χ0) is 9.26. The fourth-order valence-electron chi connectivity index (χ4n) is 2.41. The van der Waals surface area contributed by atoms with Gasteiger partial charge in [-0.25, -0.2) is 0 Å². The Balaban J connectivity index is 1.81. The van der Waals surface area contributed by atoms with Crippen LogP contribution in [0.3, 0.4) is 0 Å². The molecule has 0 aromatic rings. The van der Waals surface area contributed by atoms with Gasteiger partial charge in [-0.3, -0.25) is 0 Å². The highest BCUT2D eigenvalue weighted by Crippen LogP contribution is 2.33. The van der Waals surface area contributed by atoms with Crippen LogP contribution >= 0.6 is 15.9 Å². The van der Waals surface area contributed by atoms with Crippen LogP contribution in [0.1, 0.15) is 38.5 Å². The second-order valence-electron chi connectivity index (χ2n) is 4.75. The maximum atomic E-state index is 3.82. The Hall–Kier alpha value is 0.440. The Labute approximate surface area is 90.0 Å². The summed E-state index contributed by atoms with van der Waals surface area (Å²) in [5.41, 5.74) is 0. The molecule has 0 heterocycles. The fourth-order valence-corrected chi connectivity index (χ4v) is 3.40. The Bertz CT molecular complexity index is 167. The smallest absolute Gasteiger partial charge is 0.0301 e. The lowest BCUT2D eigenvalue weighted by Crippen LogP contribution is -2.41. The fraction of sp³-hybridized carbons (Fsp3) is 1.00. The van der Waals surface area contributed by atoms with E-state index < -0.39 is 0 Å². The predicted molar refractivity (Wildman–Crippen MR) is 60.3 cm³/mol. The van der Waals surface area contributed by atoms with E-state index in [-0.39, 0.29) is 0 Å². The topological polar surface area (TPSA) is 3.24 Å². The highest BCUT2D eigenvalue weighted by atomic mass is 79.9. The van der Waals surface area contributed by atoms with E-state index in [2.05, 4.69) is 27.9 Å². The summed E-state index contributed by atoms with van der Waals surface area (Å²) in [6.07, 6.45) is 8.58. The number of alkyl halides is 1. The number of hydrogen-bond acceptors (Lipinski definition) is 1. The summed E-state index contributed by atoms with van der Waals surface area (Å²) < 4.78 is 0. The molecule has 0 saturated heterocycles. The Morgan fingerprint density at radius 3 is 2.46 bits per heavy atom. The molecule has 2 aliphatic carbocycles. The van der Waals surface area contributed by atoms with Gasteiger partial charge in [0.15, 0.2) is 0 Å². The van der Waals surface area contributed by atoms with Gasteiger partial charge in [0.25, 0.3) is 0 Å². The zero-order valence-corrected chi connectivity index (χ0v) is 10.1. The molecular weight excluding hydrogens is 226 g/mol. The molecule has 0 aromatic heterocycles.